The van der Waals surface area contributed by atoms with Crippen molar-refractivity contribution in [2.75, 3.05) is 38.3 Å². The van der Waals surface area contributed by atoms with Gasteiger partial charge in [-0.15, -0.1) is 11.8 Å². The predicted octanol–water partition coefficient (Wildman–Crippen LogP) is 2.42. The summed E-state index contributed by atoms with van der Waals surface area (Å²) in [6, 6.07) is 10.4. The van der Waals surface area contributed by atoms with Crippen molar-refractivity contribution in [1.29, 1.82) is 0 Å². The fourth-order valence-corrected chi connectivity index (χ4v) is 3.97. The van der Waals surface area contributed by atoms with E-state index in [0.717, 1.165) is 17.9 Å². The van der Waals surface area contributed by atoms with Crippen molar-refractivity contribution in [2.24, 2.45) is 5.92 Å². The number of benzene rings is 1. The maximum absolute atomic E-state index is 12.8. The van der Waals surface area contributed by atoms with Gasteiger partial charge in [-0.3, -0.25) is 14.4 Å². The minimum atomic E-state index is -0.720. The van der Waals surface area contributed by atoms with Gasteiger partial charge in [0.25, 0.3) is 5.91 Å². The topological polar surface area (TPSA) is 101 Å². The maximum atomic E-state index is 12.8. The smallest absolute Gasteiger partial charge is 0.313 e. The van der Waals surface area contributed by atoms with Crippen LogP contribution in [0.3, 0.4) is 0 Å². The molecule has 1 aliphatic heterocycles. The summed E-state index contributed by atoms with van der Waals surface area (Å²) in [5.74, 6) is -0.608. The molecule has 0 atom stereocenters. The van der Waals surface area contributed by atoms with E-state index in [2.05, 4.69) is 15.6 Å². The molecule has 9 heteroatoms. The Labute approximate surface area is 185 Å². The van der Waals surface area contributed by atoms with Crippen molar-refractivity contribution in [2.45, 2.75) is 17.9 Å². The quantitative estimate of drug-likeness (QED) is 0.526. The highest BCUT2D eigenvalue weighted by atomic mass is 32.2. The molecule has 0 saturated carbocycles. The van der Waals surface area contributed by atoms with Gasteiger partial charge in [0, 0.05) is 37.6 Å². The Balaban J connectivity index is 1.45. The van der Waals surface area contributed by atoms with Crippen LogP contribution in [0.2, 0.25) is 0 Å². The molecule has 0 radical (unpaired) electrons. The fourth-order valence-electron chi connectivity index (χ4n) is 3.43. The summed E-state index contributed by atoms with van der Waals surface area (Å²) in [5.41, 5.74) is 1.11. The summed E-state index contributed by atoms with van der Waals surface area (Å²) in [6.45, 7) is 1.62. The molecule has 0 unspecified atom stereocenters. The van der Waals surface area contributed by atoms with E-state index in [0.29, 0.717) is 36.6 Å². The molecule has 1 saturated heterocycles. The number of rotatable bonds is 6. The van der Waals surface area contributed by atoms with E-state index in [1.54, 1.807) is 42.6 Å². The van der Waals surface area contributed by atoms with Gasteiger partial charge in [-0.05, 0) is 49.3 Å². The van der Waals surface area contributed by atoms with Crippen LogP contribution in [0.4, 0.5) is 5.69 Å². The van der Waals surface area contributed by atoms with E-state index >= 15 is 0 Å². The van der Waals surface area contributed by atoms with Gasteiger partial charge in [0.2, 0.25) is 0 Å². The zero-order valence-electron chi connectivity index (χ0n) is 17.6. The molecule has 8 nitrogen and oxygen atoms in total. The number of methoxy groups -OCH3 is 1. The molecule has 1 aromatic heterocycles. The number of ether oxygens (including phenoxy) is 1. The van der Waals surface area contributed by atoms with Crippen LogP contribution >= 0.6 is 11.8 Å². The van der Waals surface area contributed by atoms with Crippen LogP contribution in [-0.4, -0.2) is 60.6 Å². The third kappa shape index (κ3) is 5.97. The molecule has 3 rings (SSSR count). The molecular weight excluding hydrogens is 416 g/mol. The third-order valence-electron chi connectivity index (χ3n) is 5.18. The van der Waals surface area contributed by atoms with Gasteiger partial charge in [-0.1, -0.05) is 6.07 Å². The lowest BCUT2D eigenvalue weighted by Gasteiger charge is -2.32. The normalized spacial score (nSPS) is 14.1. The van der Waals surface area contributed by atoms with Crippen molar-refractivity contribution in [3.05, 3.63) is 48.2 Å². The Kier molecular flexibility index (Phi) is 7.88. The van der Waals surface area contributed by atoms with Crippen LogP contribution in [0, 0.1) is 5.92 Å². The first kappa shape index (κ1) is 22.6. The van der Waals surface area contributed by atoms with Crippen molar-refractivity contribution < 1.29 is 19.1 Å². The molecule has 1 fully saturated rings. The van der Waals surface area contributed by atoms with E-state index in [9.17, 15) is 14.4 Å². The molecule has 0 aliphatic carbocycles. The summed E-state index contributed by atoms with van der Waals surface area (Å²) in [5, 5.41) is 5.99. The van der Waals surface area contributed by atoms with E-state index in [1.807, 2.05) is 11.2 Å². The number of likely N-dealkylation sites (tertiary alicyclic amines) is 1. The largest absolute Gasteiger partial charge is 0.497 e. The highest BCUT2D eigenvalue weighted by molar-refractivity contribution is 7.98. The monoisotopic (exact) mass is 442 g/mol. The second-order valence-corrected chi connectivity index (χ2v) is 7.99. The van der Waals surface area contributed by atoms with Gasteiger partial charge in [-0.2, -0.15) is 0 Å². The minimum Gasteiger partial charge on any atom is -0.497 e. The van der Waals surface area contributed by atoms with E-state index in [1.165, 1.54) is 18.9 Å². The van der Waals surface area contributed by atoms with Crippen LogP contribution < -0.4 is 15.4 Å². The van der Waals surface area contributed by atoms with Crippen LogP contribution in [-0.2, 0) is 9.59 Å². The Morgan fingerprint density at radius 2 is 1.94 bits per heavy atom. The van der Waals surface area contributed by atoms with E-state index in [4.69, 9.17) is 4.74 Å². The lowest BCUT2D eigenvalue weighted by molar-refractivity contribution is -0.136. The number of pyridine rings is 1. The number of hydrogen-bond donors (Lipinski definition) is 2. The van der Waals surface area contributed by atoms with E-state index < -0.39 is 11.8 Å². The maximum Gasteiger partial charge on any atom is 0.313 e. The SMILES string of the molecule is COc1cccc(NC(=O)C(=O)NCC2CCN(C(=O)c3cccnc3SC)CC2)c1. The number of thioether (sulfide) groups is 1. The predicted molar refractivity (Wildman–Crippen MR) is 119 cm³/mol. The van der Waals surface area contributed by atoms with Crippen LogP contribution in [0.5, 0.6) is 5.75 Å². The fraction of sp³-hybridized carbons (Fsp3) is 0.364. The zero-order chi connectivity index (χ0) is 22.2. The highest BCUT2D eigenvalue weighted by Gasteiger charge is 2.26. The molecule has 31 heavy (non-hydrogen) atoms. The number of carbonyl (C=O) groups is 3. The molecule has 2 heterocycles. The number of piperidine rings is 1. The van der Waals surface area contributed by atoms with Crippen molar-refractivity contribution in [3.8, 4) is 5.75 Å². The molecule has 2 N–H and O–H groups in total. The number of carbonyl (C=O) groups excluding carboxylic acids is 3. The standard InChI is InChI=1S/C22H26N4O4S/c1-30-17-6-3-5-16(13-17)25-20(28)19(27)24-14-15-8-11-26(12-9-15)22(29)18-7-4-10-23-21(18)31-2/h3-7,10,13,15H,8-9,11-12,14H2,1-2H3,(H,24,27)(H,25,28). The average Bonchev–Trinajstić information content (AvgIpc) is 2.82. The lowest BCUT2D eigenvalue weighted by atomic mass is 9.96. The zero-order valence-corrected chi connectivity index (χ0v) is 18.4. The first-order chi connectivity index (χ1) is 15.0. The Morgan fingerprint density at radius 1 is 1.16 bits per heavy atom. The number of nitrogens with one attached hydrogen (secondary N) is 2. The van der Waals surface area contributed by atoms with Gasteiger partial charge < -0.3 is 20.3 Å². The molecule has 1 aromatic carbocycles. The van der Waals surface area contributed by atoms with Crippen LogP contribution in [0.25, 0.3) is 0 Å². The van der Waals surface area contributed by atoms with Crippen LogP contribution in [0.1, 0.15) is 23.2 Å². The summed E-state index contributed by atoms with van der Waals surface area (Å²) in [6.07, 6.45) is 5.11. The minimum absolute atomic E-state index is 0.0161. The third-order valence-corrected chi connectivity index (χ3v) is 5.89. The molecule has 0 spiro atoms. The second kappa shape index (κ2) is 10.8. The summed E-state index contributed by atoms with van der Waals surface area (Å²) in [7, 11) is 1.53. The number of hydrogen-bond acceptors (Lipinski definition) is 6. The van der Waals surface area contributed by atoms with Gasteiger partial charge in [-0.25, -0.2) is 4.98 Å². The molecule has 2 aromatic rings. The summed E-state index contributed by atoms with van der Waals surface area (Å²) < 4.78 is 5.11. The molecule has 164 valence electrons. The lowest BCUT2D eigenvalue weighted by Crippen LogP contribution is -2.43. The summed E-state index contributed by atoms with van der Waals surface area (Å²) >= 11 is 1.45. The van der Waals surface area contributed by atoms with Crippen molar-refractivity contribution >= 4 is 35.2 Å². The Hall–Kier alpha value is -3.07. The van der Waals surface area contributed by atoms with Crippen molar-refractivity contribution in [1.82, 2.24) is 15.2 Å². The van der Waals surface area contributed by atoms with Gasteiger partial charge in [0.05, 0.1) is 12.7 Å². The number of amides is 3. The highest BCUT2D eigenvalue weighted by Crippen LogP contribution is 2.23. The molecular formula is C22H26N4O4S. The summed E-state index contributed by atoms with van der Waals surface area (Å²) in [4.78, 5) is 43.1. The average molecular weight is 443 g/mol. The first-order valence-corrected chi connectivity index (χ1v) is 11.3. The van der Waals surface area contributed by atoms with E-state index in [-0.39, 0.29) is 11.8 Å². The van der Waals surface area contributed by atoms with Gasteiger partial charge in [0.1, 0.15) is 10.8 Å². The number of aromatic nitrogens is 1. The second-order valence-electron chi connectivity index (χ2n) is 7.19. The first-order valence-electron chi connectivity index (χ1n) is 10.0. The van der Waals surface area contributed by atoms with Gasteiger partial charge >= 0.3 is 11.8 Å². The number of nitrogens with zero attached hydrogens (tertiary/aromatic N) is 2. The molecule has 3 amide bonds. The van der Waals surface area contributed by atoms with Gasteiger partial charge in [0.15, 0.2) is 0 Å². The van der Waals surface area contributed by atoms with Crippen LogP contribution in [0.15, 0.2) is 47.6 Å². The molecule has 0 bridgehead atoms. The Morgan fingerprint density at radius 3 is 2.65 bits per heavy atom. The number of anilines is 1. The molecule has 1 aliphatic rings. The Bertz CT molecular complexity index is 945. The van der Waals surface area contributed by atoms with Crippen molar-refractivity contribution in [3.63, 3.8) is 0 Å².